The molecule has 1 N–H and O–H groups in total. The van der Waals surface area contributed by atoms with Crippen molar-refractivity contribution >= 4 is 17.3 Å². The van der Waals surface area contributed by atoms with Crippen molar-refractivity contribution in [3.8, 4) is 6.07 Å². The Morgan fingerprint density at radius 2 is 1.86 bits per heavy atom. The van der Waals surface area contributed by atoms with E-state index in [9.17, 15) is 4.39 Å². The van der Waals surface area contributed by atoms with Gasteiger partial charge >= 0.3 is 0 Å². The molecule has 6 nitrogen and oxygen atoms in total. The van der Waals surface area contributed by atoms with Crippen LogP contribution in [0.5, 0.6) is 0 Å². The lowest BCUT2D eigenvalue weighted by Gasteiger charge is -2.35. The zero-order valence-corrected chi connectivity index (χ0v) is 15.9. The second kappa shape index (κ2) is 8.42. The van der Waals surface area contributed by atoms with Crippen molar-refractivity contribution in [1.29, 1.82) is 5.26 Å². The highest BCUT2D eigenvalue weighted by molar-refractivity contribution is 5.53. The Labute approximate surface area is 165 Å². The maximum absolute atomic E-state index is 14.4. The molecule has 2 aliphatic rings. The van der Waals surface area contributed by atoms with E-state index >= 15 is 0 Å². The van der Waals surface area contributed by atoms with E-state index in [4.69, 9.17) is 5.26 Å². The molecule has 0 aliphatic carbocycles. The molecule has 1 aromatic carbocycles. The molecule has 0 amide bonds. The SMILES string of the molecule is N#Cc1ccc(N2CCCC(Nc3cc(N4CCCCC4)ncn3)C2)c(F)c1. The van der Waals surface area contributed by atoms with Crippen LogP contribution in [0.25, 0.3) is 0 Å². The molecule has 0 saturated carbocycles. The van der Waals surface area contributed by atoms with Crippen molar-refractivity contribution in [1.82, 2.24) is 9.97 Å². The first-order valence-electron chi connectivity index (χ1n) is 10.0. The molecule has 0 bridgehead atoms. The fraction of sp³-hybridized carbons (Fsp3) is 0.476. The highest BCUT2D eigenvalue weighted by Gasteiger charge is 2.23. The molecule has 1 unspecified atom stereocenters. The molecule has 0 spiro atoms. The average Bonchev–Trinajstić information content (AvgIpc) is 2.74. The van der Waals surface area contributed by atoms with Crippen molar-refractivity contribution in [2.75, 3.05) is 41.3 Å². The fourth-order valence-electron chi connectivity index (χ4n) is 4.08. The van der Waals surface area contributed by atoms with Crippen molar-refractivity contribution < 1.29 is 4.39 Å². The number of anilines is 3. The van der Waals surface area contributed by atoms with E-state index in [0.717, 1.165) is 44.1 Å². The molecular formula is C21H25FN6. The zero-order valence-electron chi connectivity index (χ0n) is 15.9. The van der Waals surface area contributed by atoms with Gasteiger partial charge in [0.25, 0.3) is 0 Å². The second-order valence-corrected chi connectivity index (χ2v) is 7.52. The molecule has 2 aromatic rings. The number of aromatic nitrogens is 2. The lowest BCUT2D eigenvalue weighted by atomic mass is 10.0. The van der Waals surface area contributed by atoms with E-state index in [-0.39, 0.29) is 11.9 Å². The van der Waals surface area contributed by atoms with Crippen LogP contribution >= 0.6 is 0 Å². The van der Waals surface area contributed by atoms with E-state index < -0.39 is 0 Å². The molecule has 28 heavy (non-hydrogen) atoms. The summed E-state index contributed by atoms with van der Waals surface area (Å²) in [7, 11) is 0. The highest BCUT2D eigenvalue weighted by atomic mass is 19.1. The number of halogens is 1. The van der Waals surface area contributed by atoms with Crippen LogP contribution in [-0.4, -0.2) is 42.2 Å². The number of nitrogens with zero attached hydrogens (tertiary/aromatic N) is 5. The molecule has 2 fully saturated rings. The van der Waals surface area contributed by atoms with Crippen molar-refractivity contribution in [3.63, 3.8) is 0 Å². The number of rotatable bonds is 4. The van der Waals surface area contributed by atoms with E-state index in [1.165, 1.54) is 25.3 Å². The van der Waals surface area contributed by atoms with Gasteiger partial charge in [-0.2, -0.15) is 5.26 Å². The Morgan fingerprint density at radius 3 is 2.64 bits per heavy atom. The Kier molecular flexibility index (Phi) is 5.56. The van der Waals surface area contributed by atoms with E-state index in [1.54, 1.807) is 18.5 Å². The summed E-state index contributed by atoms with van der Waals surface area (Å²) < 4.78 is 14.4. The Hall–Kier alpha value is -2.88. The summed E-state index contributed by atoms with van der Waals surface area (Å²) in [6.07, 6.45) is 7.31. The average molecular weight is 380 g/mol. The van der Waals surface area contributed by atoms with Crippen LogP contribution in [0.15, 0.2) is 30.6 Å². The third-order valence-electron chi connectivity index (χ3n) is 5.52. The number of hydrogen-bond donors (Lipinski definition) is 1. The standard InChI is InChI=1S/C21H25FN6/c22-18-11-16(13-23)6-7-19(18)28-10-4-5-17(14-28)26-20-12-21(25-15-24-20)27-8-2-1-3-9-27/h6-7,11-12,15,17H,1-5,8-10,14H2,(H,24,25,26). The van der Waals surface area contributed by atoms with Gasteiger partial charge in [0.2, 0.25) is 0 Å². The van der Waals surface area contributed by atoms with Gasteiger partial charge in [0.1, 0.15) is 23.8 Å². The molecule has 2 aliphatic heterocycles. The summed E-state index contributed by atoms with van der Waals surface area (Å²) in [6, 6.07) is 8.87. The first-order chi connectivity index (χ1) is 13.7. The normalized spacial score (nSPS) is 19.9. The number of nitrogens with one attached hydrogen (secondary N) is 1. The van der Waals surface area contributed by atoms with Crippen molar-refractivity contribution in [2.45, 2.75) is 38.1 Å². The van der Waals surface area contributed by atoms with Gasteiger partial charge in [-0.25, -0.2) is 14.4 Å². The predicted octanol–water partition coefficient (Wildman–Crippen LogP) is 3.56. The number of nitriles is 1. The van der Waals surface area contributed by atoms with Gasteiger partial charge in [-0.1, -0.05) is 0 Å². The summed E-state index contributed by atoms with van der Waals surface area (Å²) in [6.45, 7) is 3.60. The lowest BCUT2D eigenvalue weighted by Crippen LogP contribution is -2.42. The highest BCUT2D eigenvalue weighted by Crippen LogP contribution is 2.26. The molecule has 2 saturated heterocycles. The molecular weight excluding hydrogens is 355 g/mol. The quantitative estimate of drug-likeness (QED) is 0.875. The van der Waals surface area contributed by atoms with Gasteiger partial charge in [0, 0.05) is 38.3 Å². The lowest BCUT2D eigenvalue weighted by molar-refractivity contribution is 0.518. The van der Waals surface area contributed by atoms with Crippen LogP contribution in [0.4, 0.5) is 21.7 Å². The van der Waals surface area contributed by atoms with Crippen molar-refractivity contribution in [3.05, 3.63) is 42.0 Å². The molecule has 4 rings (SSSR count). The van der Waals surface area contributed by atoms with Gasteiger partial charge in [-0.15, -0.1) is 0 Å². The van der Waals surface area contributed by atoms with Crippen LogP contribution < -0.4 is 15.1 Å². The maximum Gasteiger partial charge on any atom is 0.147 e. The first kappa shape index (κ1) is 18.5. The summed E-state index contributed by atoms with van der Waals surface area (Å²) in [5.74, 6) is 1.46. The second-order valence-electron chi connectivity index (χ2n) is 7.52. The Morgan fingerprint density at radius 1 is 1.04 bits per heavy atom. The Balaban J connectivity index is 1.43. The minimum absolute atomic E-state index is 0.188. The van der Waals surface area contributed by atoms with Crippen LogP contribution in [0.3, 0.4) is 0 Å². The van der Waals surface area contributed by atoms with Crippen molar-refractivity contribution in [2.24, 2.45) is 0 Å². The first-order valence-corrected chi connectivity index (χ1v) is 10.0. The summed E-state index contributed by atoms with van der Waals surface area (Å²) >= 11 is 0. The molecule has 146 valence electrons. The molecule has 3 heterocycles. The maximum atomic E-state index is 14.4. The number of hydrogen-bond acceptors (Lipinski definition) is 6. The zero-order chi connectivity index (χ0) is 19.3. The van der Waals surface area contributed by atoms with Gasteiger partial charge in [-0.05, 0) is 50.3 Å². The predicted molar refractivity (Wildman–Crippen MR) is 108 cm³/mol. The fourth-order valence-corrected chi connectivity index (χ4v) is 4.08. The molecule has 0 radical (unpaired) electrons. The largest absolute Gasteiger partial charge is 0.367 e. The smallest absolute Gasteiger partial charge is 0.147 e. The number of benzene rings is 1. The van der Waals surface area contributed by atoms with Crippen LogP contribution in [0.2, 0.25) is 0 Å². The van der Waals surface area contributed by atoms with Gasteiger partial charge in [0.15, 0.2) is 0 Å². The van der Waals surface area contributed by atoms with Gasteiger partial charge in [-0.3, -0.25) is 0 Å². The number of piperidine rings is 2. The minimum Gasteiger partial charge on any atom is -0.367 e. The Bertz CT molecular complexity index is 858. The van der Waals surface area contributed by atoms with Crippen LogP contribution in [0, 0.1) is 17.1 Å². The third-order valence-corrected chi connectivity index (χ3v) is 5.52. The van der Waals surface area contributed by atoms with Gasteiger partial charge < -0.3 is 15.1 Å². The summed E-state index contributed by atoms with van der Waals surface area (Å²) in [5, 5.41) is 12.4. The topological polar surface area (TPSA) is 68.1 Å². The molecule has 1 atom stereocenters. The van der Waals surface area contributed by atoms with E-state index in [0.29, 0.717) is 17.8 Å². The van der Waals surface area contributed by atoms with Crippen LogP contribution in [0.1, 0.15) is 37.7 Å². The van der Waals surface area contributed by atoms with Crippen LogP contribution in [-0.2, 0) is 0 Å². The third kappa shape index (κ3) is 4.16. The molecule has 7 heteroatoms. The minimum atomic E-state index is -0.339. The summed E-state index contributed by atoms with van der Waals surface area (Å²) in [5.41, 5.74) is 0.904. The van der Waals surface area contributed by atoms with Gasteiger partial charge in [0.05, 0.1) is 17.3 Å². The van der Waals surface area contributed by atoms with E-state index in [1.807, 2.05) is 17.0 Å². The molecule has 1 aromatic heterocycles. The van der Waals surface area contributed by atoms with E-state index in [2.05, 4.69) is 20.2 Å². The summed E-state index contributed by atoms with van der Waals surface area (Å²) in [4.78, 5) is 13.2. The monoisotopic (exact) mass is 380 g/mol.